The quantitative estimate of drug-likeness (QED) is 0.698. The number of unbranched alkanes of at least 4 members (excludes halogenated alkanes) is 1. The molecule has 0 fully saturated rings. The predicted molar refractivity (Wildman–Crippen MR) is 82.7 cm³/mol. The highest BCUT2D eigenvalue weighted by atomic mass is 16.2. The first-order valence-electron chi connectivity index (χ1n) is 7.32. The SMILES string of the molecule is CC1(C)C(=O)Nc2ccc(C(N)CCCCC(N)=O)cc21. The second-order valence-corrected chi connectivity index (χ2v) is 6.20. The number of hydrogen-bond donors (Lipinski definition) is 3. The molecule has 0 saturated carbocycles. The Balaban J connectivity index is 2.04. The molecule has 0 bridgehead atoms. The van der Waals surface area contributed by atoms with Crippen molar-refractivity contribution in [2.45, 2.75) is 51.0 Å². The zero-order valence-electron chi connectivity index (χ0n) is 12.6. The van der Waals surface area contributed by atoms with E-state index in [2.05, 4.69) is 5.32 Å². The lowest BCUT2D eigenvalue weighted by atomic mass is 9.84. The zero-order chi connectivity index (χ0) is 15.6. The number of carbonyl (C=O) groups is 2. The second kappa shape index (κ2) is 5.85. The molecule has 0 saturated heterocycles. The van der Waals surface area contributed by atoms with Gasteiger partial charge in [-0.05, 0) is 43.9 Å². The number of amides is 2. The summed E-state index contributed by atoms with van der Waals surface area (Å²) in [7, 11) is 0. The first kappa shape index (κ1) is 15.5. The third-order valence-electron chi connectivity index (χ3n) is 4.15. The standard InChI is InChI=1S/C16H23N3O2/c1-16(2)11-9-10(7-8-13(11)19-15(16)21)12(17)5-3-4-6-14(18)20/h7-9,12H,3-6,17H2,1-2H3,(H2,18,20)(H,19,21). The molecule has 1 heterocycles. The van der Waals surface area contributed by atoms with Gasteiger partial charge in [0, 0.05) is 18.2 Å². The van der Waals surface area contributed by atoms with Crippen LogP contribution in [-0.4, -0.2) is 11.8 Å². The molecule has 1 aliphatic rings. The summed E-state index contributed by atoms with van der Waals surface area (Å²) < 4.78 is 0. The molecule has 1 aliphatic heterocycles. The largest absolute Gasteiger partial charge is 0.370 e. The number of nitrogens with one attached hydrogen (secondary N) is 1. The maximum absolute atomic E-state index is 11.9. The molecular formula is C16H23N3O2. The average Bonchev–Trinajstić information content (AvgIpc) is 2.64. The molecule has 0 aliphatic carbocycles. The summed E-state index contributed by atoms with van der Waals surface area (Å²) in [6.07, 6.45) is 2.83. The second-order valence-electron chi connectivity index (χ2n) is 6.20. The van der Waals surface area contributed by atoms with Crippen LogP contribution in [0.15, 0.2) is 18.2 Å². The maximum Gasteiger partial charge on any atom is 0.234 e. The van der Waals surface area contributed by atoms with E-state index >= 15 is 0 Å². The fourth-order valence-corrected chi connectivity index (χ4v) is 2.65. The van der Waals surface area contributed by atoms with E-state index in [-0.39, 0.29) is 17.9 Å². The van der Waals surface area contributed by atoms with Gasteiger partial charge in [-0.2, -0.15) is 0 Å². The minimum atomic E-state index is -0.517. The van der Waals surface area contributed by atoms with Gasteiger partial charge in [0.1, 0.15) is 0 Å². The van der Waals surface area contributed by atoms with Crippen LogP contribution in [0.1, 0.15) is 56.7 Å². The van der Waals surface area contributed by atoms with Crippen molar-refractivity contribution in [3.8, 4) is 0 Å². The molecule has 0 radical (unpaired) electrons. The first-order valence-corrected chi connectivity index (χ1v) is 7.32. The summed E-state index contributed by atoms with van der Waals surface area (Å²) in [5.74, 6) is -0.253. The van der Waals surface area contributed by atoms with Gasteiger partial charge in [0.2, 0.25) is 11.8 Å². The molecule has 2 rings (SSSR count). The highest BCUT2D eigenvalue weighted by Crippen LogP contribution is 2.38. The molecule has 0 aromatic heterocycles. The first-order chi connectivity index (χ1) is 9.82. The number of fused-ring (bicyclic) bond motifs is 1. The van der Waals surface area contributed by atoms with Gasteiger partial charge in [-0.3, -0.25) is 9.59 Å². The Morgan fingerprint density at radius 1 is 1.33 bits per heavy atom. The molecule has 1 aromatic rings. The highest BCUT2D eigenvalue weighted by Gasteiger charge is 2.38. The molecule has 21 heavy (non-hydrogen) atoms. The van der Waals surface area contributed by atoms with E-state index in [0.29, 0.717) is 6.42 Å². The fraction of sp³-hybridized carbons (Fsp3) is 0.500. The number of nitrogens with two attached hydrogens (primary N) is 2. The minimum Gasteiger partial charge on any atom is -0.370 e. The lowest BCUT2D eigenvalue weighted by molar-refractivity contribution is -0.120. The van der Waals surface area contributed by atoms with E-state index < -0.39 is 5.41 Å². The van der Waals surface area contributed by atoms with Crippen molar-refractivity contribution in [1.82, 2.24) is 0 Å². The van der Waals surface area contributed by atoms with Crippen molar-refractivity contribution in [3.05, 3.63) is 29.3 Å². The van der Waals surface area contributed by atoms with Crippen molar-refractivity contribution >= 4 is 17.5 Å². The fourth-order valence-electron chi connectivity index (χ4n) is 2.65. The molecule has 5 N–H and O–H groups in total. The summed E-state index contributed by atoms with van der Waals surface area (Å²) in [6, 6.07) is 5.81. The highest BCUT2D eigenvalue weighted by molar-refractivity contribution is 6.05. The Labute approximate surface area is 125 Å². The maximum atomic E-state index is 11.9. The van der Waals surface area contributed by atoms with E-state index in [9.17, 15) is 9.59 Å². The van der Waals surface area contributed by atoms with Gasteiger partial charge in [-0.25, -0.2) is 0 Å². The van der Waals surface area contributed by atoms with Gasteiger partial charge in [0.15, 0.2) is 0 Å². The predicted octanol–water partition coefficient (Wildman–Crippen LogP) is 1.96. The lowest BCUT2D eigenvalue weighted by Crippen LogP contribution is -2.27. The van der Waals surface area contributed by atoms with Crippen molar-refractivity contribution in [3.63, 3.8) is 0 Å². The van der Waals surface area contributed by atoms with Crippen LogP contribution in [0.5, 0.6) is 0 Å². The molecule has 1 unspecified atom stereocenters. The van der Waals surface area contributed by atoms with Gasteiger partial charge in [-0.1, -0.05) is 18.6 Å². The summed E-state index contributed by atoms with van der Waals surface area (Å²) in [5, 5.41) is 2.89. The van der Waals surface area contributed by atoms with Crippen LogP contribution >= 0.6 is 0 Å². The van der Waals surface area contributed by atoms with Crippen LogP contribution in [0.25, 0.3) is 0 Å². The van der Waals surface area contributed by atoms with Crippen molar-refractivity contribution < 1.29 is 9.59 Å². The van der Waals surface area contributed by atoms with Crippen molar-refractivity contribution in [2.24, 2.45) is 11.5 Å². The molecular weight excluding hydrogens is 266 g/mol. The molecule has 2 amide bonds. The topological polar surface area (TPSA) is 98.2 Å². The Morgan fingerprint density at radius 2 is 2.05 bits per heavy atom. The van der Waals surface area contributed by atoms with Gasteiger partial charge >= 0.3 is 0 Å². The number of rotatable bonds is 6. The molecule has 5 heteroatoms. The smallest absolute Gasteiger partial charge is 0.234 e. The van der Waals surface area contributed by atoms with E-state index in [1.54, 1.807) is 0 Å². The van der Waals surface area contributed by atoms with E-state index in [1.165, 1.54) is 0 Å². The summed E-state index contributed by atoms with van der Waals surface area (Å²) in [5.41, 5.74) is 13.7. The van der Waals surface area contributed by atoms with Crippen LogP contribution < -0.4 is 16.8 Å². The number of benzene rings is 1. The Kier molecular flexibility index (Phi) is 4.32. The Hall–Kier alpha value is -1.88. The van der Waals surface area contributed by atoms with Crippen molar-refractivity contribution in [2.75, 3.05) is 5.32 Å². The summed E-state index contributed by atoms with van der Waals surface area (Å²) in [4.78, 5) is 22.6. The van der Waals surface area contributed by atoms with Crippen LogP contribution in [0.4, 0.5) is 5.69 Å². The summed E-state index contributed by atoms with van der Waals surface area (Å²) >= 11 is 0. The normalized spacial score (nSPS) is 17.2. The third kappa shape index (κ3) is 3.24. The van der Waals surface area contributed by atoms with Gasteiger partial charge < -0.3 is 16.8 Å². The van der Waals surface area contributed by atoms with E-state index in [1.807, 2.05) is 32.0 Å². The lowest BCUT2D eigenvalue weighted by Gasteiger charge is -2.18. The number of hydrogen-bond acceptors (Lipinski definition) is 3. The van der Waals surface area contributed by atoms with E-state index in [4.69, 9.17) is 11.5 Å². The summed E-state index contributed by atoms with van der Waals surface area (Å²) in [6.45, 7) is 3.83. The zero-order valence-corrected chi connectivity index (χ0v) is 12.6. The van der Waals surface area contributed by atoms with Crippen LogP contribution in [0.3, 0.4) is 0 Å². The van der Waals surface area contributed by atoms with Crippen LogP contribution in [0.2, 0.25) is 0 Å². The molecule has 5 nitrogen and oxygen atoms in total. The minimum absolute atomic E-state index is 0.0182. The molecule has 0 spiro atoms. The Bertz CT molecular complexity index is 567. The Morgan fingerprint density at radius 3 is 2.71 bits per heavy atom. The van der Waals surface area contributed by atoms with Crippen LogP contribution in [-0.2, 0) is 15.0 Å². The van der Waals surface area contributed by atoms with Gasteiger partial charge in [-0.15, -0.1) is 0 Å². The molecule has 1 atom stereocenters. The molecule has 1 aromatic carbocycles. The average molecular weight is 289 g/mol. The number of anilines is 1. The third-order valence-corrected chi connectivity index (χ3v) is 4.15. The van der Waals surface area contributed by atoms with Gasteiger partial charge in [0.05, 0.1) is 5.41 Å². The van der Waals surface area contributed by atoms with E-state index in [0.717, 1.165) is 36.1 Å². The van der Waals surface area contributed by atoms with Crippen LogP contribution in [0, 0.1) is 0 Å². The molecule has 114 valence electrons. The monoisotopic (exact) mass is 289 g/mol. The van der Waals surface area contributed by atoms with Crippen molar-refractivity contribution in [1.29, 1.82) is 0 Å². The number of primary amides is 1. The number of carbonyl (C=O) groups excluding carboxylic acids is 2. The van der Waals surface area contributed by atoms with Gasteiger partial charge in [0.25, 0.3) is 0 Å².